The highest BCUT2D eigenvalue weighted by molar-refractivity contribution is 14.1. The molecular formula is C15H13Cl2IO. The molecule has 2 aromatic carbocycles. The fourth-order valence-electron chi connectivity index (χ4n) is 1.71. The number of halogens is 3. The zero-order valence-corrected chi connectivity index (χ0v) is 13.9. The van der Waals surface area contributed by atoms with Gasteiger partial charge in [0.25, 0.3) is 0 Å². The molecule has 0 radical (unpaired) electrons. The number of hydrogen-bond acceptors (Lipinski definition) is 1. The third-order valence-corrected chi connectivity index (χ3v) is 4.13. The third-order valence-electron chi connectivity index (χ3n) is 2.62. The van der Waals surface area contributed by atoms with Gasteiger partial charge in [-0.3, -0.25) is 0 Å². The van der Waals surface area contributed by atoms with Gasteiger partial charge >= 0.3 is 0 Å². The summed E-state index contributed by atoms with van der Waals surface area (Å²) in [4.78, 5) is 0. The molecule has 0 N–H and O–H groups in total. The lowest BCUT2D eigenvalue weighted by Gasteiger charge is -2.08. The van der Waals surface area contributed by atoms with Crippen molar-refractivity contribution in [1.29, 1.82) is 0 Å². The van der Waals surface area contributed by atoms with Crippen LogP contribution in [0.2, 0.25) is 10.0 Å². The van der Waals surface area contributed by atoms with E-state index in [1.54, 1.807) is 12.1 Å². The van der Waals surface area contributed by atoms with E-state index in [1.807, 2.05) is 18.2 Å². The van der Waals surface area contributed by atoms with Crippen molar-refractivity contribution in [2.24, 2.45) is 0 Å². The average molecular weight is 407 g/mol. The van der Waals surface area contributed by atoms with Crippen molar-refractivity contribution in [1.82, 2.24) is 0 Å². The van der Waals surface area contributed by atoms with Gasteiger partial charge in [0.1, 0.15) is 11.5 Å². The Kier molecular flexibility index (Phi) is 5.79. The second-order valence-electron chi connectivity index (χ2n) is 4.12. The molecule has 0 unspecified atom stereocenters. The molecule has 100 valence electrons. The lowest BCUT2D eigenvalue weighted by molar-refractivity contribution is 0.482. The second kappa shape index (κ2) is 7.36. The highest BCUT2D eigenvalue weighted by Gasteiger charge is 2.02. The van der Waals surface area contributed by atoms with Crippen LogP contribution in [-0.4, -0.2) is 4.43 Å². The Morgan fingerprint density at radius 1 is 0.947 bits per heavy atom. The van der Waals surface area contributed by atoms with Gasteiger partial charge < -0.3 is 4.74 Å². The van der Waals surface area contributed by atoms with Crippen LogP contribution in [-0.2, 0) is 6.42 Å². The topological polar surface area (TPSA) is 9.23 Å². The van der Waals surface area contributed by atoms with E-state index in [0.717, 1.165) is 16.6 Å². The maximum Gasteiger partial charge on any atom is 0.129 e. The Morgan fingerprint density at radius 2 is 1.74 bits per heavy atom. The Balaban J connectivity index is 2.11. The smallest absolute Gasteiger partial charge is 0.129 e. The van der Waals surface area contributed by atoms with E-state index in [9.17, 15) is 0 Å². The van der Waals surface area contributed by atoms with Gasteiger partial charge in [-0.15, -0.1) is 0 Å². The summed E-state index contributed by atoms with van der Waals surface area (Å²) in [6, 6.07) is 13.4. The standard InChI is InChI=1S/C15H13Cl2IO/c16-14-7-6-13(10-15(14)17)19-12-5-1-3-11(9-12)4-2-8-18/h1,3,5-7,9-10H,2,4,8H2. The number of alkyl halides is 1. The summed E-state index contributed by atoms with van der Waals surface area (Å²) >= 11 is 14.2. The SMILES string of the molecule is Clc1ccc(Oc2cccc(CCCI)c2)cc1Cl. The number of aryl methyl sites for hydroxylation is 1. The van der Waals surface area contributed by atoms with Gasteiger partial charge in [-0.1, -0.05) is 57.9 Å². The minimum atomic E-state index is 0.500. The summed E-state index contributed by atoms with van der Waals surface area (Å²) in [5.41, 5.74) is 1.29. The predicted molar refractivity (Wildman–Crippen MR) is 90.2 cm³/mol. The second-order valence-corrected chi connectivity index (χ2v) is 6.01. The van der Waals surface area contributed by atoms with Gasteiger partial charge in [0.15, 0.2) is 0 Å². The molecule has 0 amide bonds. The van der Waals surface area contributed by atoms with Gasteiger partial charge in [0.2, 0.25) is 0 Å². The molecule has 0 heterocycles. The molecule has 1 nitrogen and oxygen atoms in total. The Labute approximate surface area is 137 Å². The first kappa shape index (κ1) is 14.9. The van der Waals surface area contributed by atoms with E-state index in [2.05, 4.69) is 34.7 Å². The van der Waals surface area contributed by atoms with Crippen LogP contribution < -0.4 is 4.74 Å². The van der Waals surface area contributed by atoms with E-state index in [1.165, 1.54) is 12.0 Å². The van der Waals surface area contributed by atoms with E-state index < -0.39 is 0 Å². The summed E-state index contributed by atoms with van der Waals surface area (Å²) in [5, 5.41) is 1.03. The molecular weight excluding hydrogens is 394 g/mol. The largest absolute Gasteiger partial charge is 0.457 e. The molecule has 0 aliphatic rings. The summed E-state index contributed by atoms with van der Waals surface area (Å²) in [5.74, 6) is 1.52. The quantitative estimate of drug-likeness (QED) is 0.427. The van der Waals surface area contributed by atoms with E-state index in [-0.39, 0.29) is 0 Å². The van der Waals surface area contributed by atoms with Crippen molar-refractivity contribution in [2.45, 2.75) is 12.8 Å². The monoisotopic (exact) mass is 406 g/mol. The van der Waals surface area contributed by atoms with E-state index in [0.29, 0.717) is 15.8 Å². The predicted octanol–water partition coefficient (Wildman–Crippen LogP) is 6.15. The zero-order valence-electron chi connectivity index (χ0n) is 10.2. The molecule has 0 saturated heterocycles. The van der Waals surface area contributed by atoms with Gasteiger partial charge in [0, 0.05) is 6.07 Å². The minimum Gasteiger partial charge on any atom is -0.457 e. The van der Waals surface area contributed by atoms with Crippen molar-refractivity contribution in [3.8, 4) is 11.5 Å². The third kappa shape index (κ3) is 4.55. The molecule has 0 fully saturated rings. The normalized spacial score (nSPS) is 10.5. The Hall–Kier alpha value is -0.450. The summed E-state index contributed by atoms with van der Waals surface area (Å²) in [6.07, 6.45) is 2.25. The van der Waals surface area contributed by atoms with Crippen molar-refractivity contribution in [3.63, 3.8) is 0 Å². The van der Waals surface area contributed by atoms with Crippen molar-refractivity contribution < 1.29 is 4.74 Å². The molecule has 4 heteroatoms. The highest BCUT2D eigenvalue weighted by atomic mass is 127. The number of hydrogen-bond donors (Lipinski definition) is 0. The van der Waals surface area contributed by atoms with Crippen LogP contribution in [0, 0.1) is 0 Å². The first-order valence-corrected chi connectivity index (χ1v) is 8.25. The molecule has 2 aromatic rings. The molecule has 2 rings (SSSR count). The lowest BCUT2D eigenvalue weighted by atomic mass is 10.1. The highest BCUT2D eigenvalue weighted by Crippen LogP contribution is 2.29. The minimum absolute atomic E-state index is 0.500. The number of benzene rings is 2. The first-order valence-electron chi connectivity index (χ1n) is 5.97. The van der Waals surface area contributed by atoms with Crippen LogP contribution in [0.4, 0.5) is 0 Å². The molecule has 19 heavy (non-hydrogen) atoms. The Morgan fingerprint density at radius 3 is 2.47 bits per heavy atom. The molecule has 0 bridgehead atoms. The first-order chi connectivity index (χ1) is 9.19. The van der Waals surface area contributed by atoms with Crippen LogP contribution >= 0.6 is 45.8 Å². The molecule has 0 saturated carbocycles. The van der Waals surface area contributed by atoms with Gasteiger partial charge in [-0.05, 0) is 47.1 Å². The maximum atomic E-state index is 5.97. The lowest BCUT2D eigenvalue weighted by Crippen LogP contribution is -1.89. The molecule has 0 atom stereocenters. The summed E-state index contributed by atoms with van der Waals surface area (Å²) < 4.78 is 6.95. The summed E-state index contributed by atoms with van der Waals surface area (Å²) in [6.45, 7) is 0. The van der Waals surface area contributed by atoms with Crippen LogP contribution in [0.3, 0.4) is 0 Å². The molecule has 0 aromatic heterocycles. The van der Waals surface area contributed by atoms with Crippen LogP contribution in [0.1, 0.15) is 12.0 Å². The fraction of sp³-hybridized carbons (Fsp3) is 0.200. The Bertz CT molecular complexity index is 558. The van der Waals surface area contributed by atoms with Crippen molar-refractivity contribution >= 4 is 45.8 Å². The maximum absolute atomic E-state index is 5.97. The van der Waals surface area contributed by atoms with Crippen molar-refractivity contribution in [3.05, 3.63) is 58.1 Å². The van der Waals surface area contributed by atoms with Crippen LogP contribution in [0.15, 0.2) is 42.5 Å². The van der Waals surface area contributed by atoms with E-state index >= 15 is 0 Å². The van der Waals surface area contributed by atoms with Crippen LogP contribution in [0.25, 0.3) is 0 Å². The molecule has 0 aliphatic heterocycles. The fourth-order valence-corrected chi connectivity index (χ4v) is 2.38. The number of rotatable bonds is 5. The van der Waals surface area contributed by atoms with Gasteiger partial charge in [0.05, 0.1) is 10.0 Å². The van der Waals surface area contributed by atoms with E-state index in [4.69, 9.17) is 27.9 Å². The van der Waals surface area contributed by atoms with Crippen LogP contribution in [0.5, 0.6) is 11.5 Å². The summed E-state index contributed by atoms with van der Waals surface area (Å²) in [7, 11) is 0. The molecule has 0 aliphatic carbocycles. The van der Waals surface area contributed by atoms with Gasteiger partial charge in [-0.25, -0.2) is 0 Å². The zero-order chi connectivity index (χ0) is 13.7. The van der Waals surface area contributed by atoms with Gasteiger partial charge in [-0.2, -0.15) is 0 Å². The van der Waals surface area contributed by atoms with Crippen molar-refractivity contribution in [2.75, 3.05) is 4.43 Å². The molecule has 0 spiro atoms. The number of ether oxygens (including phenoxy) is 1. The average Bonchev–Trinajstić information content (AvgIpc) is 2.41.